The highest BCUT2D eigenvalue weighted by molar-refractivity contribution is 5.98. The Bertz CT molecular complexity index is 712. The number of carbonyl (C=O) groups excluding carboxylic acids is 2. The van der Waals surface area contributed by atoms with Gasteiger partial charge in [0, 0.05) is 42.3 Å². The van der Waals surface area contributed by atoms with Crippen molar-refractivity contribution >= 4 is 17.5 Å². The van der Waals surface area contributed by atoms with E-state index >= 15 is 0 Å². The molecular formula is C23H33N3O2. The van der Waals surface area contributed by atoms with E-state index in [1.54, 1.807) is 6.07 Å². The maximum absolute atomic E-state index is 12.7. The highest BCUT2D eigenvalue weighted by Crippen LogP contribution is 2.38. The second-order valence-corrected chi connectivity index (χ2v) is 8.99. The second-order valence-electron chi connectivity index (χ2n) is 8.99. The summed E-state index contributed by atoms with van der Waals surface area (Å²) in [4.78, 5) is 27.5. The molecule has 3 atom stereocenters. The van der Waals surface area contributed by atoms with Crippen LogP contribution < -0.4 is 10.6 Å². The number of carbonyl (C=O) groups is 2. The van der Waals surface area contributed by atoms with Gasteiger partial charge in [0.1, 0.15) is 0 Å². The van der Waals surface area contributed by atoms with Gasteiger partial charge in [0.2, 0.25) is 5.91 Å². The van der Waals surface area contributed by atoms with Gasteiger partial charge in [0.05, 0.1) is 0 Å². The Kier molecular flexibility index (Phi) is 6.00. The zero-order chi connectivity index (χ0) is 19.5. The summed E-state index contributed by atoms with van der Waals surface area (Å²) < 4.78 is 0. The van der Waals surface area contributed by atoms with Crippen LogP contribution in [0.3, 0.4) is 0 Å². The third-order valence-corrected chi connectivity index (χ3v) is 6.73. The van der Waals surface area contributed by atoms with Crippen molar-refractivity contribution < 1.29 is 9.59 Å². The molecule has 152 valence electrons. The van der Waals surface area contributed by atoms with Crippen LogP contribution >= 0.6 is 0 Å². The molecule has 2 aliphatic carbocycles. The van der Waals surface area contributed by atoms with Crippen LogP contribution in [0.5, 0.6) is 0 Å². The number of nitrogens with one attached hydrogen (secondary N) is 2. The van der Waals surface area contributed by atoms with Crippen molar-refractivity contribution in [2.45, 2.75) is 70.4 Å². The molecule has 28 heavy (non-hydrogen) atoms. The Hall–Kier alpha value is -1.88. The van der Waals surface area contributed by atoms with Gasteiger partial charge in [-0.05, 0) is 49.8 Å². The van der Waals surface area contributed by atoms with E-state index in [0.717, 1.165) is 25.9 Å². The molecule has 1 aromatic rings. The molecule has 0 aromatic heterocycles. The van der Waals surface area contributed by atoms with Crippen LogP contribution in [-0.2, 0) is 4.79 Å². The fraction of sp³-hybridized carbons (Fsp3) is 0.652. The van der Waals surface area contributed by atoms with E-state index < -0.39 is 0 Å². The smallest absolute Gasteiger partial charge is 0.251 e. The predicted octanol–water partition coefficient (Wildman–Crippen LogP) is 3.81. The summed E-state index contributed by atoms with van der Waals surface area (Å²) in [6, 6.07) is 8.23. The highest BCUT2D eigenvalue weighted by Gasteiger charge is 2.39. The number of hydrogen-bond acceptors (Lipinski definition) is 3. The lowest BCUT2D eigenvalue weighted by atomic mass is 10.1. The molecule has 0 radical (unpaired) electrons. The normalized spacial score (nSPS) is 28.5. The largest absolute Gasteiger partial charge is 0.348 e. The fourth-order valence-electron chi connectivity index (χ4n) is 4.79. The molecule has 1 saturated heterocycles. The zero-order valence-corrected chi connectivity index (χ0v) is 17.0. The van der Waals surface area contributed by atoms with Crippen LogP contribution in [0.4, 0.5) is 5.69 Å². The molecule has 3 fully saturated rings. The van der Waals surface area contributed by atoms with E-state index in [4.69, 9.17) is 0 Å². The van der Waals surface area contributed by atoms with Crippen LogP contribution in [0.15, 0.2) is 24.3 Å². The van der Waals surface area contributed by atoms with Crippen LogP contribution in [0, 0.1) is 11.8 Å². The van der Waals surface area contributed by atoms with Gasteiger partial charge in [0.15, 0.2) is 0 Å². The maximum Gasteiger partial charge on any atom is 0.251 e. The van der Waals surface area contributed by atoms with Crippen molar-refractivity contribution in [2.75, 3.05) is 18.4 Å². The monoisotopic (exact) mass is 383 g/mol. The van der Waals surface area contributed by atoms with Gasteiger partial charge in [-0.15, -0.1) is 0 Å². The summed E-state index contributed by atoms with van der Waals surface area (Å²) >= 11 is 0. The molecule has 1 aliphatic heterocycles. The molecule has 1 heterocycles. The molecule has 5 heteroatoms. The molecule has 2 N–H and O–H groups in total. The molecule has 3 aliphatic rings. The van der Waals surface area contributed by atoms with E-state index in [2.05, 4.69) is 22.5 Å². The Morgan fingerprint density at radius 1 is 1.07 bits per heavy atom. The first-order chi connectivity index (χ1) is 13.6. The Morgan fingerprint density at radius 2 is 1.82 bits per heavy atom. The van der Waals surface area contributed by atoms with E-state index in [-0.39, 0.29) is 23.8 Å². The van der Waals surface area contributed by atoms with E-state index in [9.17, 15) is 9.59 Å². The minimum atomic E-state index is -0.0383. The Labute approximate surface area is 168 Å². The lowest BCUT2D eigenvalue weighted by Gasteiger charge is -2.26. The van der Waals surface area contributed by atoms with Crippen LogP contribution in [0.1, 0.15) is 68.6 Å². The second kappa shape index (κ2) is 8.64. The number of anilines is 1. The van der Waals surface area contributed by atoms with Crippen molar-refractivity contribution in [3.63, 3.8) is 0 Å². The van der Waals surface area contributed by atoms with Gasteiger partial charge in [-0.25, -0.2) is 0 Å². The summed E-state index contributed by atoms with van der Waals surface area (Å²) in [5, 5.41) is 6.16. The Morgan fingerprint density at radius 3 is 2.54 bits per heavy atom. The first-order valence-electron chi connectivity index (χ1n) is 11.1. The van der Waals surface area contributed by atoms with Gasteiger partial charge in [-0.2, -0.15) is 0 Å². The zero-order valence-electron chi connectivity index (χ0n) is 17.0. The van der Waals surface area contributed by atoms with E-state index in [1.807, 2.05) is 18.2 Å². The summed E-state index contributed by atoms with van der Waals surface area (Å²) in [6.45, 7) is 4.14. The number of hydrogen-bond donors (Lipinski definition) is 2. The number of likely N-dealkylation sites (tertiary alicyclic amines) is 1. The van der Waals surface area contributed by atoms with Gasteiger partial charge in [-0.3, -0.25) is 14.5 Å². The van der Waals surface area contributed by atoms with Crippen LogP contribution in [0.25, 0.3) is 0 Å². The summed E-state index contributed by atoms with van der Waals surface area (Å²) in [5.74, 6) is 0.639. The van der Waals surface area contributed by atoms with Crippen molar-refractivity contribution in [3.8, 4) is 0 Å². The number of benzene rings is 1. The van der Waals surface area contributed by atoms with Gasteiger partial charge in [0.25, 0.3) is 5.91 Å². The molecule has 0 bridgehead atoms. The molecule has 3 unspecified atom stereocenters. The Balaban J connectivity index is 1.30. The topological polar surface area (TPSA) is 61.4 Å². The number of rotatable bonds is 5. The van der Waals surface area contributed by atoms with Crippen LogP contribution in [0.2, 0.25) is 0 Å². The third kappa shape index (κ3) is 4.75. The molecule has 2 saturated carbocycles. The van der Waals surface area contributed by atoms with Crippen LogP contribution in [-0.4, -0.2) is 41.9 Å². The molecular weight excluding hydrogens is 350 g/mol. The van der Waals surface area contributed by atoms with Crippen molar-refractivity contribution in [1.29, 1.82) is 0 Å². The maximum atomic E-state index is 12.7. The first kappa shape index (κ1) is 19.4. The van der Waals surface area contributed by atoms with Crippen molar-refractivity contribution in [3.05, 3.63) is 29.8 Å². The summed E-state index contributed by atoms with van der Waals surface area (Å²) in [5.41, 5.74) is 1.33. The summed E-state index contributed by atoms with van der Waals surface area (Å²) in [7, 11) is 0. The summed E-state index contributed by atoms with van der Waals surface area (Å²) in [6.07, 6.45) is 10.0. The SMILES string of the molecule is CC1CC1C(=O)Nc1cccc(C(=O)NC2CCN(C3CCCCCC3)C2)c1. The lowest BCUT2D eigenvalue weighted by molar-refractivity contribution is -0.117. The molecule has 4 rings (SSSR count). The number of amides is 2. The first-order valence-corrected chi connectivity index (χ1v) is 11.1. The van der Waals surface area contributed by atoms with Gasteiger partial charge < -0.3 is 10.6 Å². The highest BCUT2D eigenvalue weighted by atomic mass is 16.2. The third-order valence-electron chi connectivity index (χ3n) is 6.73. The fourth-order valence-corrected chi connectivity index (χ4v) is 4.79. The minimum absolute atomic E-state index is 0.0383. The van der Waals surface area contributed by atoms with Gasteiger partial charge in [-0.1, -0.05) is 38.7 Å². The predicted molar refractivity (Wildman–Crippen MR) is 111 cm³/mol. The average molecular weight is 384 g/mol. The van der Waals surface area contributed by atoms with Crippen molar-refractivity contribution in [2.24, 2.45) is 11.8 Å². The lowest BCUT2D eigenvalue weighted by Crippen LogP contribution is -2.39. The molecule has 0 spiro atoms. The minimum Gasteiger partial charge on any atom is -0.348 e. The standard InChI is InChI=1S/C23H33N3O2/c1-16-13-21(16)23(28)24-18-8-6-7-17(14-18)22(27)25-19-11-12-26(15-19)20-9-4-2-3-5-10-20/h6-8,14,16,19-21H,2-5,9-13,15H2,1H3,(H,24,28)(H,25,27). The quantitative estimate of drug-likeness (QED) is 0.760. The van der Waals surface area contributed by atoms with E-state index in [0.29, 0.717) is 23.2 Å². The van der Waals surface area contributed by atoms with Gasteiger partial charge >= 0.3 is 0 Å². The van der Waals surface area contributed by atoms with Crippen molar-refractivity contribution in [1.82, 2.24) is 10.2 Å². The molecule has 1 aromatic carbocycles. The van der Waals surface area contributed by atoms with E-state index in [1.165, 1.54) is 38.5 Å². The molecule has 2 amide bonds. The molecule has 5 nitrogen and oxygen atoms in total. The number of nitrogens with zero attached hydrogens (tertiary/aromatic N) is 1. The average Bonchev–Trinajstić information content (AvgIpc) is 3.35.